The van der Waals surface area contributed by atoms with Gasteiger partial charge in [-0.3, -0.25) is 4.99 Å². The summed E-state index contributed by atoms with van der Waals surface area (Å²) in [4.78, 5) is 4.61. The Morgan fingerprint density at radius 2 is 2.06 bits per heavy atom. The SMILES string of the molecule is CC1CSC(=NCc2ccccc2)NC1C. The lowest BCUT2D eigenvalue weighted by atomic mass is 10.1. The van der Waals surface area contributed by atoms with Gasteiger partial charge in [-0.15, -0.1) is 0 Å². The minimum absolute atomic E-state index is 0.538. The molecule has 1 aliphatic rings. The van der Waals surface area contributed by atoms with Crippen molar-refractivity contribution in [2.24, 2.45) is 10.9 Å². The highest BCUT2D eigenvalue weighted by Crippen LogP contribution is 2.19. The maximum atomic E-state index is 4.61. The molecule has 2 unspecified atom stereocenters. The Bertz CT molecular complexity index is 361. The summed E-state index contributed by atoms with van der Waals surface area (Å²) >= 11 is 1.83. The summed E-state index contributed by atoms with van der Waals surface area (Å²) in [6.07, 6.45) is 0. The molecule has 0 aliphatic carbocycles. The van der Waals surface area contributed by atoms with Crippen LogP contribution in [-0.2, 0) is 6.54 Å². The van der Waals surface area contributed by atoms with Gasteiger partial charge in [0.1, 0.15) is 0 Å². The normalized spacial score (nSPS) is 27.8. The second kappa shape index (κ2) is 5.39. The van der Waals surface area contributed by atoms with Crippen molar-refractivity contribution >= 4 is 16.9 Å². The van der Waals surface area contributed by atoms with Crippen LogP contribution in [0.25, 0.3) is 0 Å². The molecule has 86 valence electrons. The lowest BCUT2D eigenvalue weighted by molar-refractivity contribution is 0.490. The minimum atomic E-state index is 0.538. The molecule has 2 rings (SSSR count). The van der Waals surface area contributed by atoms with Gasteiger partial charge in [0.2, 0.25) is 0 Å². The molecule has 1 saturated heterocycles. The van der Waals surface area contributed by atoms with E-state index in [-0.39, 0.29) is 0 Å². The van der Waals surface area contributed by atoms with E-state index in [1.54, 1.807) is 0 Å². The van der Waals surface area contributed by atoms with E-state index >= 15 is 0 Å². The summed E-state index contributed by atoms with van der Waals surface area (Å²) in [7, 11) is 0. The highest BCUT2D eigenvalue weighted by Gasteiger charge is 2.20. The van der Waals surface area contributed by atoms with Crippen molar-refractivity contribution in [2.75, 3.05) is 5.75 Å². The molecule has 0 saturated carbocycles. The summed E-state index contributed by atoms with van der Waals surface area (Å²) < 4.78 is 0. The van der Waals surface area contributed by atoms with E-state index in [9.17, 15) is 0 Å². The topological polar surface area (TPSA) is 24.4 Å². The van der Waals surface area contributed by atoms with E-state index in [1.165, 1.54) is 11.3 Å². The Balaban J connectivity index is 1.93. The van der Waals surface area contributed by atoms with Crippen LogP contribution in [0.3, 0.4) is 0 Å². The first-order valence-electron chi connectivity index (χ1n) is 5.73. The number of thioether (sulfide) groups is 1. The molecule has 0 spiro atoms. The second-order valence-electron chi connectivity index (χ2n) is 4.33. The monoisotopic (exact) mass is 234 g/mol. The molecule has 2 atom stereocenters. The number of rotatable bonds is 2. The van der Waals surface area contributed by atoms with Crippen LogP contribution in [0.2, 0.25) is 0 Å². The standard InChI is InChI=1S/C13H18N2S/c1-10-9-16-13(15-11(10)2)14-8-12-6-4-3-5-7-12/h3-7,10-11H,8-9H2,1-2H3,(H,14,15). The molecular formula is C13H18N2S. The molecule has 2 nitrogen and oxygen atoms in total. The van der Waals surface area contributed by atoms with Gasteiger partial charge in [-0.25, -0.2) is 0 Å². The fourth-order valence-corrected chi connectivity index (χ4v) is 2.71. The zero-order chi connectivity index (χ0) is 11.4. The molecule has 1 heterocycles. The van der Waals surface area contributed by atoms with Gasteiger partial charge in [-0.2, -0.15) is 0 Å². The third-order valence-electron chi connectivity index (χ3n) is 2.94. The van der Waals surface area contributed by atoms with Crippen LogP contribution in [0, 0.1) is 5.92 Å². The highest BCUT2D eigenvalue weighted by molar-refractivity contribution is 8.13. The lowest BCUT2D eigenvalue weighted by Gasteiger charge is -2.28. The quantitative estimate of drug-likeness (QED) is 0.851. The van der Waals surface area contributed by atoms with Gasteiger partial charge in [0, 0.05) is 11.8 Å². The third-order valence-corrected chi connectivity index (χ3v) is 4.15. The number of aliphatic imine (C=N–C) groups is 1. The van der Waals surface area contributed by atoms with Crippen LogP contribution in [0.5, 0.6) is 0 Å². The predicted octanol–water partition coefficient (Wildman–Crippen LogP) is 2.90. The van der Waals surface area contributed by atoms with E-state index in [0.717, 1.165) is 17.6 Å². The Kier molecular flexibility index (Phi) is 3.88. The van der Waals surface area contributed by atoms with E-state index in [0.29, 0.717) is 6.04 Å². The molecule has 1 aliphatic heterocycles. The number of nitrogens with zero attached hydrogens (tertiary/aromatic N) is 1. The molecule has 0 amide bonds. The molecule has 3 heteroatoms. The number of hydrogen-bond donors (Lipinski definition) is 1. The molecule has 0 aromatic heterocycles. The van der Waals surface area contributed by atoms with Crippen molar-refractivity contribution < 1.29 is 0 Å². The Labute approximate surface area is 102 Å². The fourth-order valence-electron chi connectivity index (χ4n) is 1.57. The first-order chi connectivity index (χ1) is 7.75. The smallest absolute Gasteiger partial charge is 0.157 e. The summed E-state index contributed by atoms with van der Waals surface area (Å²) in [5.74, 6) is 1.89. The van der Waals surface area contributed by atoms with Crippen LogP contribution in [0.1, 0.15) is 19.4 Å². The van der Waals surface area contributed by atoms with Gasteiger partial charge in [-0.1, -0.05) is 49.0 Å². The Hall–Kier alpha value is -0.960. The van der Waals surface area contributed by atoms with E-state index in [4.69, 9.17) is 0 Å². The van der Waals surface area contributed by atoms with Crippen molar-refractivity contribution in [3.8, 4) is 0 Å². The second-order valence-corrected chi connectivity index (χ2v) is 5.34. The van der Waals surface area contributed by atoms with Crippen molar-refractivity contribution in [3.05, 3.63) is 35.9 Å². The summed E-state index contributed by atoms with van der Waals surface area (Å²) in [6.45, 7) is 5.28. The van der Waals surface area contributed by atoms with E-state index < -0.39 is 0 Å². The van der Waals surface area contributed by atoms with Crippen LogP contribution >= 0.6 is 11.8 Å². The molecule has 1 N–H and O–H groups in total. The van der Waals surface area contributed by atoms with Gasteiger partial charge in [0.15, 0.2) is 5.17 Å². The molecule has 16 heavy (non-hydrogen) atoms. The lowest BCUT2D eigenvalue weighted by Crippen LogP contribution is -2.41. The highest BCUT2D eigenvalue weighted by atomic mass is 32.2. The zero-order valence-electron chi connectivity index (χ0n) is 9.81. The molecule has 1 fully saturated rings. The average molecular weight is 234 g/mol. The minimum Gasteiger partial charge on any atom is -0.362 e. The van der Waals surface area contributed by atoms with Gasteiger partial charge in [0.25, 0.3) is 0 Å². The first kappa shape index (κ1) is 11.5. The van der Waals surface area contributed by atoms with Gasteiger partial charge in [0.05, 0.1) is 6.54 Å². The van der Waals surface area contributed by atoms with Crippen molar-refractivity contribution in [3.63, 3.8) is 0 Å². The predicted molar refractivity (Wildman–Crippen MR) is 71.8 cm³/mol. The van der Waals surface area contributed by atoms with Gasteiger partial charge >= 0.3 is 0 Å². The maximum absolute atomic E-state index is 4.61. The van der Waals surface area contributed by atoms with Crippen molar-refractivity contribution in [1.29, 1.82) is 0 Å². The summed E-state index contributed by atoms with van der Waals surface area (Å²) in [6, 6.07) is 10.9. The van der Waals surface area contributed by atoms with Gasteiger partial charge in [-0.05, 0) is 18.4 Å². The molecular weight excluding hydrogens is 216 g/mol. The largest absolute Gasteiger partial charge is 0.362 e. The van der Waals surface area contributed by atoms with Crippen molar-refractivity contribution in [2.45, 2.75) is 26.4 Å². The molecule has 1 aromatic rings. The molecule has 1 aromatic carbocycles. The Morgan fingerprint density at radius 3 is 2.75 bits per heavy atom. The van der Waals surface area contributed by atoms with E-state index in [1.807, 2.05) is 17.8 Å². The first-order valence-corrected chi connectivity index (χ1v) is 6.72. The fraction of sp³-hybridized carbons (Fsp3) is 0.462. The number of amidine groups is 1. The summed E-state index contributed by atoms with van der Waals surface area (Å²) in [5, 5.41) is 4.54. The van der Waals surface area contributed by atoms with Crippen LogP contribution in [0.4, 0.5) is 0 Å². The van der Waals surface area contributed by atoms with Crippen molar-refractivity contribution in [1.82, 2.24) is 5.32 Å². The number of hydrogen-bond acceptors (Lipinski definition) is 2. The van der Waals surface area contributed by atoms with Crippen LogP contribution in [0.15, 0.2) is 35.3 Å². The molecule has 0 bridgehead atoms. The zero-order valence-corrected chi connectivity index (χ0v) is 10.6. The number of benzene rings is 1. The Morgan fingerprint density at radius 1 is 1.31 bits per heavy atom. The molecule has 0 radical (unpaired) electrons. The third kappa shape index (κ3) is 3.01. The maximum Gasteiger partial charge on any atom is 0.157 e. The van der Waals surface area contributed by atoms with Crippen LogP contribution < -0.4 is 5.32 Å². The summed E-state index contributed by atoms with van der Waals surface area (Å²) in [5.41, 5.74) is 1.27. The number of nitrogens with one attached hydrogen (secondary N) is 1. The van der Waals surface area contributed by atoms with Crippen LogP contribution in [-0.4, -0.2) is 17.0 Å². The van der Waals surface area contributed by atoms with Gasteiger partial charge < -0.3 is 5.32 Å². The average Bonchev–Trinajstić information content (AvgIpc) is 2.32. The van der Waals surface area contributed by atoms with E-state index in [2.05, 4.69) is 48.4 Å².